The van der Waals surface area contributed by atoms with Crippen LogP contribution in [0.25, 0.3) is 0 Å². The van der Waals surface area contributed by atoms with E-state index in [1.807, 2.05) is 6.07 Å². The molecule has 14 heavy (non-hydrogen) atoms. The Bertz CT molecular complexity index is 313. The zero-order chi connectivity index (χ0) is 9.26. The number of methoxy groups -OCH3 is 1. The second-order valence-corrected chi connectivity index (χ2v) is 3.22. The number of phenols is 1. The molecule has 4 heteroatoms. The van der Waals surface area contributed by atoms with Crippen LogP contribution in [0.15, 0.2) is 18.2 Å². The molecule has 0 radical (unpaired) electrons. The number of aromatic hydroxyl groups is 1. The van der Waals surface area contributed by atoms with Gasteiger partial charge in [-0.15, -0.1) is 12.4 Å². The highest BCUT2D eigenvalue weighted by molar-refractivity contribution is 5.85. The summed E-state index contributed by atoms with van der Waals surface area (Å²) in [5, 5.41) is 12.8. The summed E-state index contributed by atoms with van der Waals surface area (Å²) in [4.78, 5) is 0. The van der Waals surface area contributed by atoms with Crippen LogP contribution in [0.2, 0.25) is 0 Å². The Balaban J connectivity index is 0.000000980. The third kappa shape index (κ3) is 1.94. The minimum absolute atomic E-state index is 0. The number of phenolic OH excluding ortho intramolecular Hbond substituents is 1. The van der Waals surface area contributed by atoms with Gasteiger partial charge in [0.25, 0.3) is 0 Å². The zero-order valence-corrected chi connectivity index (χ0v) is 8.80. The number of hydrogen-bond acceptors (Lipinski definition) is 3. The maximum Gasteiger partial charge on any atom is 0.120 e. The first-order chi connectivity index (χ1) is 6.31. The Morgan fingerprint density at radius 2 is 2.21 bits per heavy atom. The van der Waals surface area contributed by atoms with Crippen LogP contribution >= 0.6 is 12.4 Å². The Kier molecular flexibility index (Phi) is 3.61. The summed E-state index contributed by atoms with van der Waals surface area (Å²) in [7, 11) is 1.63. The van der Waals surface area contributed by atoms with E-state index in [-0.39, 0.29) is 12.4 Å². The summed E-state index contributed by atoms with van der Waals surface area (Å²) in [6, 6.07) is 5.62. The first kappa shape index (κ1) is 11.1. The van der Waals surface area contributed by atoms with Crippen molar-refractivity contribution < 1.29 is 9.84 Å². The van der Waals surface area contributed by atoms with Crippen LogP contribution in [0, 0.1) is 0 Å². The molecule has 0 bridgehead atoms. The number of hydrogen-bond donors (Lipinski definition) is 2. The molecule has 2 N–H and O–H groups in total. The first-order valence-electron chi connectivity index (χ1n) is 4.41. The Morgan fingerprint density at radius 3 is 2.71 bits per heavy atom. The van der Waals surface area contributed by atoms with Crippen LogP contribution in [0.5, 0.6) is 11.5 Å². The minimum atomic E-state index is 0. The molecule has 0 aliphatic carbocycles. The predicted octanol–water partition coefficient (Wildman–Crippen LogP) is 1.86. The fourth-order valence-corrected chi connectivity index (χ4v) is 1.49. The Hall–Kier alpha value is -0.930. The summed E-state index contributed by atoms with van der Waals surface area (Å²) in [6.45, 7) is 1.03. The first-order valence-corrected chi connectivity index (χ1v) is 4.41. The molecule has 3 nitrogen and oxygen atoms in total. The van der Waals surface area contributed by atoms with E-state index >= 15 is 0 Å². The smallest absolute Gasteiger partial charge is 0.120 e. The number of halogens is 1. The second kappa shape index (κ2) is 4.53. The van der Waals surface area contributed by atoms with Crippen molar-refractivity contribution in [3.05, 3.63) is 23.8 Å². The van der Waals surface area contributed by atoms with Crippen LogP contribution in [-0.4, -0.2) is 18.8 Å². The average molecular weight is 216 g/mol. The normalized spacial score (nSPS) is 19.4. The van der Waals surface area contributed by atoms with Crippen LogP contribution in [0.4, 0.5) is 0 Å². The lowest BCUT2D eigenvalue weighted by molar-refractivity contribution is 0.359. The van der Waals surface area contributed by atoms with Gasteiger partial charge < -0.3 is 15.2 Å². The van der Waals surface area contributed by atoms with Crippen molar-refractivity contribution in [2.24, 2.45) is 0 Å². The molecule has 1 aliphatic heterocycles. The van der Waals surface area contributed by atoms with Crippen molar-refractivity contribution in [3.8, 4) is 11.5 Å². The zero-order valence-electron chi connectivity index (χ0n) is 7.99. The molecule has 1 aromatic carbocycles. The highest BCUT2D eigenvalue weighted by Crippen LogP contribution is 2.32. The van der Waals surface area contributed by atoms with Gasteiger partial charge in [-0.05, 0) is 31.2 Å². The minimum Gasteiger partial charge on any atom is -0.508 e. The highest BCUT2D eigenvalue weighted by atomic mass is 35.5. The molecular formula is C10H14ClNO2. The number of benzene rings is 1. The molecule has 1 atom stereocenters. The van der Waals surface area contributed by atoms with Crippen LogP contribution < -0.4 is 10.1 Å². The van der Waals surface area contributed by atoms with E-state index in [0.717, 1.165) is 24.3 Å². The van der Waals surface area contributed by atoms with Gasteiger partial charge in [0.15, 0.2) is 0 Å². The maximum absolute atomic E-state index is 9.57. The van der Waals surface area contributed by atoms with Gasteiger partial charge in [-0.2, -0.15) is 0 Å². The van der Waals surface area contributed by atoms with E-state index in [9.17, 15) is 5.11 Å². The Morgan fingerprint density at radius 1 is 1.50 bits per heavy atom. The SMILES string of the molecule is COc1ccc(O)c([C@@H]2CCN2)c1.Cl. The van der Waals surface area contributed by atoms with Crippen LogP contribution in [0.1, 0.15) is 18.0 Å². The summed E-state index contributed by atoms with van der Waals surface area (Å²) in [6.07, 6.45) is 1.08. The van der Waals surface area contributed by atoms with Gasteiger partial charge in [0.05, 0.1) is 7.11 Å². The van der Waals surface area contributed by atoms with Gasteiger partial charge in [0, 0.05) is 11.6 Å². The molecule has 1 heterocycles. The monoisotopic (exact) mass is 215 g/mol. The standard InChI is InChI=1S/C10H13NO2.ClH/c1-13-7-2-3-10(12)8(6-7)9-4-5-11-9;/h2-3,6,9,11-12H,4-5H2,1H3;1H/t9-;/m0./s1. The lowest BCUT2D eigenvalue weighted by Gasteiger charge is -2.28. The van der Waals surface area contributed by atoms with Crippen molar-refractivity contribution in [2.45, 2.75) is 12.5 Å². The van der Waals surface area contributed by atoms with E-state index < -0.39 is 0 Å². The second-order valence-electron chi connectivity index (χ2n) is 3.22. The number of ether oxygens (including phenoxy) is 1. The highest BCUT2D eigenvalue weighted by Gasteiger charge is 2.21. The lowest BCUT2D eigenvalue weighted by atomic mass is 9.97. The Labute approximate surface area is 89.5 Å². The number of rotatable bonds is 2. The van der Waals surface area contributed by atoms with E-state index in [0.29, 0.717) is 11.8 Å². The lowest BCUT2D eigenvalue weighted by Crippen LogP contribution is -2.34. The summed E-state index contributed by atoms with van der Waals surface area (Å²) < 4.78 is 5.09. The van der Waals surface area contributed by atoms with E-state index in [1.54, 1.807) is 19.2 Å². The van der Waals surface area contributed by atoms with Crippen LogP contribution in [-0.2, 0) is 0 Å². The third-order valence-electron chi connectivity index (χ3n) is 2.43. The van der Waals surface area contributed by atoms with Gasteiger partial charge in [-0.1, -0.05) is 0 Å². The molecule has 0 amide bonds. The molecule has 1 saturated heterocycles. The third-order valence-corrected chi connectivity index (χ3v) is 2.43. The maximum atomic E-state index is 9.57. The van der Waals surface area contributed by atoms with Gasteiger partial charge >= 0.3 is 0 Å². The molecule has 0 aromatic heterocycles. The molecule has 2 rings (SSSR count). The topological polar surface area (TPSA) is 41.5 Å². The number of nitrogens with one attached hydrogen (secondary N) is 1. The van der Waals surface area contributed by atoms with E-state index in [4.69, 9.17) is 4.74 Å². The molecular weight excluding hydrogens is 202 g/mol. The molecule has 1 aromatic rings. The fraction of sp³-hybridized carbons (Fsp3) is 0.400. The largest absolute Gasteiger partial charge is 0.508 e. The van der Waals surface area contributed by atoms with Crippen LogP contribution in [0.3, 0.4) is 0 Å². The van der Waals surface area contributed by atoms with Crippen molar-refractivity contribution in [2.75, 3.05) is 13.7 Å². The molecule has 0 spiro atoms. The van der Waals surface area contributed by atoms with E-state index in [2.05, 4.69) is 5.32 Å². The molecule has 0 unspecified atom stereocenters. The average Bonchev–Trinajstić information content (AvgIpc) is 2.06. The molecule has 1 fully saturated rings. The van der Waals surface area contributed by atoms with Crippen molar-refractivity contribution in [1.82, 2.24) is 5.32 Å². The molecule has 0 saturated carbocycles. The summed E-state index contributed by atoms with van der Waals surface area (Å²) in [5.41, 5.74) is 0.936. The van der Waals surface area contributed by atoms with Gasteiger partial charge in [0.2, 0.25) is 0 Å². The quantitative estimate of drug-likeness (QED) is 0.792. The van der Waals surface area contributed by atoms with Crippen molar-refractivity contribution >= 4 is 12.4 Å². The molecule has 1 aliphatic rings. The fourth-order valence-electron chi connectivity index (χ4n) is 1.49. The van der Waals surface area contributed by atoms with E-state index in [1.165, 1.54) is 0 Å². The summed E-state index contributed by atoms with van der Waals surface area (Å²) >= 11 is 0. The van der Waals surface area contributed by atoms with Gasteiger partial charge in [0.1, 0.15) is 11.5 Å². The van der Waals surface area contributed by atoms with Gasteiger partial charge in [-0.25, -0.2) is 0 Å². The molecule has 78 valence electrons. The van der Waals surface area contributed by atoms with Crippen molar-refractivity contribution in [1.29, 1.82) is 0 Å². The summed E-state index contributed by atoms with van der Waals surface area (Å²) in [5.74, 6) is 1.14. The predicted molar refractivity (Wildman–Crippen MR) is 57.3 cm³/mol. The van der Waals surface area contributed by atoms with Gasteiger partial charge in [-0.3, -0.25) is 0 Å². The van der Waals surface area contributed by atoms with Crippen molar-refractivity contribution in [3.63, 3.8) is 0 Å².